The van der Waals surface area contributed by atoms with Crippen molar-refractivity contribution in [3.63, 3.8) is 0 Å². The fraction of sp³-hybridized carbons (Fsp3) is 0.909. The van der Waals surface area contributed by atoms with Gasteiger partial charge in [-0.1, -0.05) is 0 Å². The van der Waals surface area contributed by atoms with Crippen LogP contribution in [0.25, 0.3) is 0 Å². The number of sulfonamides is 1. The molecule has 0 saturated carbocycles. The van der Waals surface area contributed by atoms with Crippen molar-refractivity contribution >= 4 is 15.9 Å². The summed E-state index contributed by atoms with van der Waals surface area (Å²) in [6.45, 7) is 7.50. The van der Waals surface area contributed by atoms with Crippen LogP contribution in [-0.4, -0.2) is 63.2 Å². The first kappa shape index (κ1) is 16.4. The molecule has 1 amide bonds. The lowest BCUT2D eigenvalue weighted by atomic mass is 10.0. The second-order valence-corrected chi connectivity index (χ2v) is 7.01. The van der Waals surface area contributed by atoms with Gasteiger partial charge in [-0.3, -0.25) is 9.69 Å². The van der Waals surface area contributed by atoms with Gasteiger partial charge in [0.1, 0.15) is 0 Å². The summed E-state index contributed by atoms with van der Waals surface area (Å²) < 4.78 is 21.5. The molecule has 112 valence electrons. The predicted molar refractivity (Wildman–Crippen MR) is 74.1 cm³/mol. The highest BCUT2D eigenvalue weighted by Crippen LogP contribution is 2.15. The van der Waals surface area contributed by atoms with E-state index in [-0.39, 0.29) is 11.7 Å². The smallest absolute Gasteiger partial charge is 0.239 e. The molecule has 1 aliphatic rings. The van der Waals surface area contributed by atoms with E-state index >= 15 is 0 Å². The summed E-state index contributed by atoms with van der Waals surface area (Å²) >= 11 is 0. The second-order valence-electron chi connectivity index (χ2n) is 5.27. The fourth-order valence-electron chi connectivity index (χ4n) is 2.06. The van der Waals surface area contributed by atoms with Crippen LogP contribution in [-0.2, 0) is 14.8 Å². The van der Waals surface area contributed by atoms with Gasteiger partial charge in [0.15, 0.2) is 0 Å². The summed E-state index contributed by atoms with van der Waals surface area (Å²) in [6.07, 6.45) is 0.336. The second kappa shape index (κ2) is 6.65. The third-order valence-electron chi connectivity index (χ3n) is 3.35. The fourth-order valence-corrected chi connectivity index (χ4v) is 2.61. The molecule has 0 radical (unpaired) electrons. The molecule has 1 saturated heterocycles. The zero-order valence-electron chi connectivity index (χ0n) is 11.6. The van der Waals surface area contributed by atoms with Crippen molar-refractivity contribution in [3.8, 4) is 0 Å². The Morgan fingerprint density at radius 1 is 1.37 bits per heavy atom. The summed E-state index contributed by atoms with van der Waals surface area (Å²) in [5.41, 5.74) is -0.580. The van der Waals surface area contributed by atoms with Crippen LogP contribution >= 0.6 is 0 Å². The van der Waals surface area contributed by atoms with Gasteiger partial charge in [-0.15, -0.1) is 0 Å². The third-order valence-corrected chi connectivity index (χ3v) is 4.21. The van der Waals surface area contributed by atoms with E-state index in [1.54, 1.807) is 0 Å². The first-order valence-electron chi connectivity index (χ1n) is 6.48. The molecule has 0 bridgehead atoms. The van der Waals surface area contributed by atoms with Crippen molar-refractivity contribution in [2.24, 2.45) is 5.14 Å². The number of primary sulfonamides is 1. The highest BCUT2D eigenvalue weighted by atomic mass is 32.2. The molecule has 19 heavy (non-hydrogen) atoms. The summed E-state index contributed by atoms with van der Waals surface area (Å²) in [6, 6.07) is 0. The van der Waals surface area contributed by atoms with Crippen molar-refractivity contribution < 1.29 is 13.2 Å². The average Bonchev–Trinajstić information content (AvgIpc) is 2.34. The number of amides is 1. The van der Waals surface area contributed by atoms with E-state index in [2.05, 4.69) is 15.5 Å². The standard InChI is InChI=1S/C11H24N4O3S/c1-11(2,15-7-5-13-6-8-15)10(16)14-4-3-9-19(12,17)18/h13H,3-9H2,1-2H3,(H,14,16)(H2,12,17,18). The lowest BCUT2D eigenvalue weighted by Crippen LogP contribution is -2.60. The van der Waals surface area contributed by atoms with Crippen molar-refractivity contribution in [3.05, 3.63) is 0 Å². The van der Waals surface area contributed by atoms with E-state index < -0.39 is 15.6 Å². The van der Waals surface area contributed by atoms with E-state index in [0.717, 1.165) is 26.2 Å². The maximum Gasteiger partial charge on any atom is 0.239 e. The SMILES string of the molecule is CC(C)(C(=O)NCCCS(N)(=O)=O)N1CCNCC1. The number of nitrogens with zero attached hydrogens (tertiary/aromatic N) is 1. The molecule has 8 heteroatoms. The monoisotopic (exact) mass is 292 g/mol. The molecule has 0 spiro atoms. The number of nitrogens with two attached hydrogens (primary N) is 1. The minimum atomic E-state index is -3.45. The van der Waals surface area contributed by atoms with Crippen LogP contribution in [0.2, 0.25) is 0 Å². The maximum atomic E-state index is 12.1. The van der Waals surface area contributed by atoms with Gasteiger partial charge in [0.05, 0.1) is 11.3 Å². The molecular weight excluding hydrogens is 268 g/mol. The van der Waals surface area contributed by atoms with E-state index in [0.29, 0.717) is 13.0 Å². The predicted octanol–water partition coefficient (Wildman–Crippen LogP) is -1.53. The van der Waals surface area contributed by atoms with Crippen LogP contribution in [0.4, 0.5) is 0 Å². The Morgan fingerprint density at radius 3 is 2.47 bits per heavy atom. The van der Waals surface area contributed by atoms with Gasteiger partial charge in [-0.25, -0.2) is 13.6 Å². The van der Waals surface area contributed by atoms with E-state index in [4.69, 9.17) is 5.14 Å². The van der Waals surface area contributed by atoms with Crippen LogP contribution < -0.4 is 15.8 Å². The van der Waals surface area contributed by atoms with Crippen molar-refractivity contribution in [1.82, 2.24) is 15.5 Å². The summed E-state index contributed by atoms with van der Waals surface area (Å²) in [5, 5.41) is 10.9. The zero-order valence-corrected chi connectivity index (χ0v) is 12.4. The maximum absolute atomic E-state index is 12.1. The van der Waals surface area contributed by atoms with Crippen LogP contribution in [0.1, 0.15) is 20.3 Å². The Labute approximate surface area is 115 Å². The molecule has 0 unspecified atom stereocenters. The molecule has 0 aromatic heterocycles. The minimum Gasteiger partial charge on any atom is -0.354 e. The van der Waals surface area contributed by atoms with Gasteiger partial charge >= 0.3 is 0 Å². The Kier molecular flexibility index (Phi) is 5.72. The lowest BCUT2D eigenvalue weighted by Gasteiger charge is -2.39. The molecule has 1 rings (SSSR count). The topological polar surface area (TPSA) is 105 Å². The molecule has 0 aromatic rings. The van der Waals surface area contributed by atoms with Crippen molar-refractivity contribution in [2.45, 2.75) is 25.8 Å². The molecule has 7 nitrogen and oxygen atoms in total. The molecule has 0 aromatic carbocycles. The quantitative estimate of drug-likeness (QED) is 0.515. The first-order chi connectivity index (χ1) is 8.73. The van der Waals surface area contributed by atoms with E-state index in [1.165, 1.54) is 0 Å². The van der Waals surface area contributed by atoms with Gasteiger partial charge in [0, 0.05) is 32.7 Å². The number of piperazine rings is 1. The molecule has 1 fully saturated rings. The number of carbonyl (C=O) groups excluding carboxylic acids is 1. The highest BCUT2D eigenvalue weighted by molar-refractivity contribution is 7.89. The van der Waals surface area contributed by atoms with Gasteiger partial charge in [-0.05, 0) is 20.3 Å². The van der Waals surface area contributed by atoms with Gasteiger partial charge < -0.3 is 10.6 Å². The lowest BCUT2D eigenvalue weighted by molar-refractivity contribution is -0.132. The van der Waals surface area contributed by atoms with Gasteiger partial charge in [-0.2, -0.15) is 0 Å². The summed E-state index contributed by atoms with van der Waals surface area (Å²) in [7, 11) is -3.45. The largest absolute Gasteiger partial charge is 0.354 e. The Morgan fingerprint density at radius 2 is 1.95 bits per heavy atom. The van der Waals surface area contributed by atoms with Gasteiger partial charge in [0.25, 0.3) is 0 Å². The Hall–Kier alpha value is -0.700. The van der Waals surface area contributed by atoms with E-state index in [1.807, 2.05) is 13.8 Å². The Bertz CT molecular complexity index is 402. The number of rotatable bonds is 6. The number of hydrogen-bond acceptors (Lipinski definition) is 5. The molecule has 0 atom stereocenters. The number of nitrogens with one attached hydrogen (secondary N) is 2. The molecule has 1 aliphatic heterocycles. The molecular formula is C11H24N4O3S. The Balaban J connectivity index is 2.38. The minimum absolute atomic E-state index is 0.0798. The molecule has 1 heterocycles. The summed E-state index contributed by atoms with van der Waals surface area (Å²) in [5.74, 6) is -0.190. The molecule has 0 aliphatic carbocycles. The van der Waals surface area contributed by atoms with Crippen LogP contribution in [0, 0.1) is 0 Å². The average molecular weight is 292 g/mol. The zero-order chi connectivity index (χ0) is 14.5. The van der Waals surface area contributed by atoms with Crippen LogP contribution in [0.3, 0.4) is 0 Å². The highest BCUT2D eigenvalue weighted by Gasteiger charge is 2.34. The van der Waals surface area contributed by atoms with Gasteiger partial charge in [0.2, 0.25) is 15.9 Å². The normalized spacial score (nSPS) is 18.3. The third kappa shape index (κ3) is 5.43. The van der Waals surface area contributed by atoms with Crippen LogP contribution in [0.15, 0.2) is 0 Å². The van der Waals surface area contributed by atoms with Crippen molar-refractivity contribution in [2.75, 3.05) is 38.5 Å². The summed E-state index contributed by atoms with van der Waals surface area (Å²) in [4.78, 5) is 14.3. The first-order valence-corrected chi connectivity index (χ1v) is 8.19. The molecule has 4 N–H and O–H groups in total. The van der Waals surface area contributed by atoms with E-state index in [9.17, 15) is 13.2 Å². The number of carbonyl (C=O) groups is 1. The number of hydrogen-bond donors (Lipinski definition) is 3. The van der Waals surface area contributed by atoms with Crippen molar-refractivity contribution in [1.29, 1.82) is 0 Å². The van der Waals surface area contributed by atoms with Crippen LogP contribution in [0.5, 0.6) is 0 Å².